The summed E-state index contributed by atoms with van der Waals surface area (Å²) in [6.07, 6.45) is 6.37. The number of amides is 2. The number of nitrogens with zero attached hydrogens (tertiary/aromatic N) is 1. The SMILES string of the molecule is O=C(Nc1ccc2c(c1)CCC2)C1CCCN1C(=O)c1ccco1. The fourth-order valence-corrected chi connectivity index (χ4v) is 3.70. The Bertz CT molecular complexity index is 767. The van der Waals surface area contributed by atoms with E-state index in [0.29, 0.717) is 13.0 Å². The smallest absolute Gasteiger partial charge is 0.290 e. The average molecular weight is 324 g/mol. The largest absolute Gasteiger partial charge is 0.459 e. The van der Waals surface area contributed by atoms with Crippen LogP contribution in [0, 0.1) is 0 Å². The Kier molecular flexibility index (Phi) is 3.84. The van der Waals surface area contributed by atoms with Crippen LogP contribution < -0.4 is 5.32 Å². The van der Waals surface area contributed by atoms with Crippen molar-refractivity contribution in [1.29, 1.82) is 0 Å². The molecule has 0 radical (unpaired) electrons. The summed E-state index contributed by atoms with van der Waals surface area (Å²) in [5, 5.41) is 2.98. The summed E-state index contributed by atoms with van der Waals surface area (Å²) < 4.78 is 5.18. The normalized spacial score (nSPS) is 19.3. The Morgan fingerprint density at radius 3 is 2.83 bits per heavy atom. The molecule has 1 aliphatic carbocycles. The van der Waals surface area contributed by atoms with Crippen molar-refractivity contribution in [1.82, 2.24) is 4.90 Å². The number of furan rings is 1. The van der Waals surface area contributed by atoms with Crippen LogP contribution in [0.4, 0.5) is 5.69 Å². The number of carbonyl (C=O) groups excluding carboxylic acids is 2. The monoisotopic (exact) mass is 324 g/mol. The molecule has 0 saturated carbocycles. The minimum Gasteiger partial charge on any atom is -0.459 e. The van der Waals surface area contributed by atoms with Crippen molar-refractivity contribution < 1.29 is 14.0 Å². The van der Waals surface area contributed by atoms with Gasteiger partial charge in [-0.1, -0.05) is 6.07 Å². The molecule has 2 aliphatic rings. The predicted molar refractivity (Wildman–Crippen MR) is 89.9 cm³/mol. The van der Waals surface area contributed by atoms with Gasteiger partial charge in [-0.25, -0.2) is 0 Å². The highest BCUT2D eigenvalue weighted by molar-refractivity contribution is 6.00. The Morgan fingerprint density at radius 2 is 2.00 bits per heavy atom. The molecule has 2 heterocycles. The van der Waals surface area contributed by atoms with Crippen LogP contribution in [-0.2, 0) is 17.6 Å². The number of anilines is 1. The second kappa shape index (κ2) is 6.15. The number of carbonyl (C=O) groups is 2. The third-order valence-electron chi connectivity index (χ3n) is 4.91. The zero-order valence-electron chi connectivity index (χ0n) is 13.5. The van der Waals surface area contributed by atoms with Crippen LogP contribution in [0.2, 0.25) is 0 Å². The molecular weight excluding hydrogens is 304 g/mol. The lowest BCUT2D eigenvalue weighted by Gasteiger charge is -2.23. The first-order chi connectivity index (χ1) is 11.7. The summed E-state index contributed by atoms with van der Waals surface area (Å²) in [7, 11) is 0. The third kappa shape index (κ3) is 2.70. The van der Waals surface area contributed by atoms with Crippen LogP contribution in [0.25, 0.3) is 0 Å². The third-order valence-corrected chi connectivity index (χ3v) is 4.91. The molecule has 24 heavy (non-hydrogen) atoms. The minimum atomic E-state index is -0.434. The predicted octanol–water partition coefficient (Wildman–Crippen LogP) is 3.01. The first-order valence-electron chi connectivity index (χ1n) is 8.49. The van der Waals surface area contributed by atoms with Crippen molar-refractivity contribution in [2.75, 3.05) is 11.9 Å². The van der Waals surface area contributed by atoms with Crippen LogP contribution >= 0.6 is 0 Å². The van der Waals surface area contributed by atoms with Gasteiger partial charge in [0, 0.05) is 12.2 Å². The highest BCUT2D eigenvalue weighted by Gasteiger charge is 2.35. The van der Waals surface area contributed by atoms with E-state index in [9.17, 15) is 9.59 Å². The maximum absolute atomic E-state index is 12.7. The number of hydrogen-bond acceptors (Lipinski definition) is 3. The zero-order chi connectivity index (χ0) is 16.5. The van der Waals surface area contributed by atoms with E-state index in [2.05, 4.69) is 17.4 Å². The molecule has 2 aromatic rings. The molecular formula is C19H20N2O3. The summed E-state index contributed by atoms with van der Waals surface area (Å²) >= 11 is 0. The fraction of sp³-hybridized carbons (Fsp3) is 0.368. The Hall–Kier alpha value is -2.56. The van der Waals surface area contributed by atoms with Gasteiger partial charge in [0.15, 0.2) is 5.76 Å². The molecule has 1 unspecified atom stereocenters. The highest BCUT2D eigenvalue weighted by atomic mass is 16.3. The summed E-state index contributed by atoms with van der Waals surface area (Å²) in [6, 6.07) is 9.00. The first kappa shape index (κ1) is 15.0. The number of rotatable bonds is 3. The van der Waals surface area contributed by atoms with Crippen LogP contribution in [-0.4, -0.2) is 29.3 Å². The molecule has 4 rings (SSSR count). The van der Waals surface area contributed by atoms with Crippen LogP contribution in [0.5, 0.6) is 0 Å². The minimum absolute atomic E-state index is 0.120. The number of benzene rings is 1. The van der Waals surface area contributed by atoms with Gasteiger partial charge in [-0.05, 0) is 67.5 Å². The lowest BCUT2D eigenvalue weighted by molar-refractivity contribution is -0.119. The van der Waals surface area contributed by atoms with E-state index in [-0.39, 0.29) is 17.6 Å². The van der Waals surface area contributed by atoms with Crippen molar-refractivity contribution >= 4 is 17.5 Å². The molecule has 1 aliphatic heterocycles. The van der Waals surface area contributed by atoms with Gasteiger partial charge in [0.05, 0.1) is 6.26 Å². The van der Waals surface area contributed by atoms with Crippen molar-refractivity contribution in [3.8, 4) is 0 Å². The molecule has 124 valence electrons. The number of hydrogen-bond donors (Lipinski definition) is 1. The van der Waals surface area contributed by atoms with E-state index >= 15 is 0 Å². The van der Waals surface area contributed by atoms with E-state index in [4.69, 9.17) is 4.42 Å². The van der Waals surface area contributed by atoms with Gasteiger partial charge < -0.3 is 14.6 Å². The summed E-state index contributed by atoms with van der Waals surface area (Å²) in [5.41, 5.74) is 3.52. The lowest BCUT2D eigenvalue weighted by atomic mass is 10.1. The fourth-order valence-electron chi connectivity index (χ4n) is 3.70. The molecule has 1 aromatic heterocycles. The Balaban J connectivity index is 1.48. The van der Waals surface area contributed by atoms with Crippen molar-refractivity contribution in [3.05, 3.63) is 53.5 Å². The molecule has 5 nitrogen and oxygen atoms in total. The lowest BCUT2D eigenvalue weighted by Crippen LogP contribution is -2.43. The van der Waals surface area contributed by atoms with Crippen molar-refractivity contribution in [2.45, 2.75) is 38.1 Å². The van der Waals surface area contributed by atoms with Gasteiger partial charge in [-0.3, -0.25) is 9.59 Å². The van der Waals surface area contributed by atoms with E-state index in [1.54, 1.807) is 17.0 Å². The van der Waals surface area contributed by atoms with Crippen LogP contribution in [0.1, 0.15) is 40.9 Å². The summed E-state index contributed by atoms with van der Waals surface area (Å²) in [6.45, 7) is 0.585. The highest BCUT2D eigenvalue weighted by Crippen LogP contribution is 2.26. The molecule has 1 saturated heterocycles. The van der Waals surface area contributed by atoms with E-state index in [1.807, 2.05) is 6.07 Å². The molecule has 1 atom stereocenters. The first-order valence-corrected chi connectivity index (χ1v) is 8.49. The number of aryl methyl sites for hydroxylation is 2. The van der Waals surface area contributed by atoms with E-state index in [1.165, 1.54) is 23.8 Å². The molecule has 2 amide bonds. The Labute approximate surface area is 140 Å². The topological polar surface area (TPSA) is 62.6 Å². The second-order valence-electron chi connectivity index (χ2n) is 6.46. The molecule has 1 fully saturated rings. The van der Waals surface area contributed by atoms with Crippen LogP contribution in [0.15, 0.2) is 41.0 Å². The van der Waals surface area contributed by atoms with Gasteiger partial charge in [0.2, 0.25) is 5.91 Å². The molecule has 0 spiro atoms. The standard InChI is InChI=1S/C19H20N2O3/c22-18(20-15-9-8-13-4-1-5-14(13)12-15)16-6-2-10-21(16)19(23)17-7-3-11-24-17/h3,7-9,11-12,16H,1-2,4-6,10H2,(H,20,22). The maximum atomic E-state index is 12.7. The second-order valence-corrected chi connectivity index (χ2v) is 6.46. The quantitative estimate of drug-likeness (QED) is 0.944. The van der Waals surface area contributed by atoms with Crippen LogP contribution in [0.3, 0.4) is 0 Å². The van der Waals surface area contributed by atoms with Gasteiger partial charge in [0.25, 0.3) is 5.91 Å². The number of fused-ring (bicyclic) bond motifs is 1. The summed E-state index contributed by atoms with van der Waals surface area (Å²) in [5.74, 6) is -0.0517. The van der Waals surface area contributed by atoms with Gasteiger partial charge >= 0.3 is 0 Å². The van der Waals surface area contributed by atoms with Gasteiger partial charge in [-0.2, -0.15) is 0 Å². The maximum Gasteiger partial charge on any atom is 0.290 e. The molecule has 1 N–H and O–H groups in total. The Morgan fingerprint density at radius 1 is 1.12 bits per heavy atom. The van der Waals surface area contributed by atoms with Gasteiger partial charge in [-0.15, -0.1) is 0 Å². The van der Waals surface area contributed by atoms with Crippen molar-refractivity contribution in [3.63, 3.8) is 0 Å². The van der Waals surface area contributed by atoms with E-state index < -0.39 is 6.04 Å². The van der Waals surface area contributed by atoms with Crippen molar-refractivity contribution in [2.24, 2.45) is 0 Å². The van der Waals surface area contributed by atoms with E-state index in [0.717, 1.165) is 24.9 Å². The average Bonchev–Trinajstić information content (AvgIpc) is 3.33. The van der Waals surface area contributed by atoms with Gasteiger partial charge in [0.1, 0.15) is 6.04 Å². The summed E-state index contributed by atoms with van der Waals surface area (Å²) in [4.78, 5) is 26.8. The number of nitrogens with one attached hydrogen (secondary N) is 1. The zero-order valence-corrected chi connectivity index (χ0v) is 13.5. The molecule has 1 aromatic carbocycles. The molecule has 5 heteroatoms. The number of likely N-dealkylation sites (tertiary alicyclic amines) is 1. The molecule has 0 bridgehead atoms.